The predicted molar refractivity (Wildman–Crippen MR) is 76.2 cm³/mol. The van der Waals surface area contributed by atoms with Crippen LogP contribution in [-0.4, -0.2) is 19.7 Å². The summed E-state index contributed by atoms with van der Waals surface area (Å²) in [6, 6.07) is 0.469. The van der Waals surface area contributed by atoms with Gasteiger partial charge in [0.2, 0.25) is 0 Å². The molecule has 5 heteroatoms. The van der Waals surface area contributed by atoms with E-state index in [1.54, 1.807) is 18.6 Å². The molecule has 102 valence electrons. The molecule has 0 saturated carbocycles. The van der Waals surface area contributed by atoms with Crippen LogP contribution in [0.1, 0.15) is 49.9 Å². The molecule has 0 bridgehead atoms. The molecule has 2 aromatic heterocycles. The van der Waals surface area contributed by atoms with E-state index in [2.05, 4.69) is 48.1 Å². The molecule has 0 fully saturated rings. The third kappa shape index (κ3) is 2.75. The van der Waals surface area contributed by atoms with Gasteiger partial charge in [0.25, 0.3) is 0 Å². The topological polar surface area (TPSA) is 55.6 Å². The van der Waals surface area contributed by atoms with Crippen molar-refractivity contribution in [2.45, 2.75) is 46.7 Å². The minimum Gasteiger partial charge on any atom is -0.374 e. The molecule has 0 aromatic carbocycles. The Hall–Kier alpha value is -1.91. The molecular formula is C14H21N5. The van der Waals surface area contributed by atoms with Gasteiger partial charge in [-0.05, 0) is 34.6 Å². The standard InChI is InChI=1S/C14H21N5/c1-9(2)19-12(5)14(11(4)18-19)17-10(3)13-8-15-6-7-16-13/h6-10,17H,1-5H3. The zero-order valence-electron chi connectivity index (χ0n) is 12.2. The Labute approximate surface area is 114 Å². The van der Waals surface area contributed by atoms with E-state index in [0.29, 0.717) is 6.04 Å². The lowest BCUT2D eigenvalue weighted by Crippen LogP contribution is -2.10. The molecule has 1 N–H and O–H groups in total. The van der Waals surface area contributed by atoms with E-state index in [1.165, 1.54) is 0 Å². The lowest BCUT2D eigenvalue weighted by atomic mass is 10.2. The molecule has 2 rings (SSSR count). The molecule has 0 saturated heterocycles. The number of rotatable bonds is 4. The van der Waals surface area contributed by atoms with Gasteiger partial charge in [-0.3, -0.25) is 14.6 Å². The fourth-order valence-corrected chi connectivity index (χ4v) is 2.20. The number of aromatic nitrogens is 4. The fraction of sp³-hybridized carbons (Fsp3) is 0.500. The molecule has 0 aliphatic carbocycles. The summed E-state index contributed by atoms with van der Waals surface area (Å²) in [5.41, 5.74) is 4.19. The molecule has 0 radical (unpaired) electrons. The van der Waals surface area contributed by atoms with Crippen molar-refractivity contribution in [3.63, 3.8) is 0 Å². The Morgan fingerprint density at radius 2 is 1.89 bits per heavy atom. The van der Waals surface area contributed by atoms with E-state index < -0.39 is 0 Å². The molecule has 1 unspecified atom stereocenters. The van der Waals surface area contributed by atoms with Crippen molar-refractivity contribution in [1.29, 1.82) is 0 Å². The second-order valence-corrected chi connectivity index (χ2v) is 5.08. The number of nitrogens with zero attached hydrogens (tertiary/aromatic N) is 4. The second-order valence-electron chi connectivity index (χ2n) is 5.08. The minimum absolute atomic E-state index is 0.107. The van der Waals surface area contributed by atoms with Gasteiger partial charge in [0.15, 0.2) is 0 Å². The summed E-state index contributed by atoms with van der Waals surface area (Å²) in [6.45, 7) is 10.5. The lowest BCUT2D eigenvalue weighted by molar-refractivity contribution is 0.516. The van der Waals surface area contributed by atoms with E-state index in [1.807, 2.05) is 11.6 Å². The predicted octanol–water partition coefficient (Wildman–Crippen LogP) is 3.04. The van der Waals surface area contributed by atoms with E-state index >= 15 is 0 Å². The zero-order valence-corrected chi connectivity index (χ0v) is 12.2. The number of aryl methyl sites for hydroxylation is 1. The minimum atomic E-state index is 0.107. The monoisotopic (exact) mass is 259 g/mol. The smallest absolute Gasteiger partial charge is 0.0828 e. The number of anilines is 1. The summed E-state index contributed by atoms with van der Waals surface area (Å²) in [7, 11) is 0. The van der Waals surface area contributed by atoms with Gasteiger partial charge in [0, 0.05) is 18.4 Å². The van der Waals surface area contributed by atoms with Crippen molar-refractivity contribution in [3.05, 3.63) is 35.7 Å². The van der Waals surface area contributed by atoms with Crippen LogP contribution in [0.25, 0.3) is 0 Å². The van der Waals surface area contributed by atoms with Crippen LogP contribution in [0.2, 0.25) is 0 Å². The van der Waals surface area contributed by atoms with E-state index in [-0.39, 0.29) is 6.04 Å². The first-order chi connectivity index (χ1) is 9.00. The SMILES string of the molecule is Cc1nn(C(C)C)c(C)c1NC(C)c1cnccn1. The van der Waals surface area contributed by atoms with Crippen molar-refractivity contribution in [2.24, 2.45) is 0 Å². The van der Waals surface area contributed by atoms with Crippen LogP contribution >= 0.6 is 0 Å². The quantitative estimate of drug-likeness (QED) is 0.917. The van der Waals surface area contributed by atoms with Crippen LogP contribution in [0.3, 0.4) is 0 Å². The first-order valence-electron chi connectivity index (χ1n) is 6.59. The van der Waals surface area contributed by atoms with Gasteiger partial charge in [-0.2, -0.15) is 5.10 Å². The first-order valence-corrected chi connectivity index (χ1v) is 6.59. The van der Waals surface area contributed by atoms with Crippen LogP contribution in [0.5, 0.6) is 0 Å². The maximum Gasteiger partial charge on any atom is 0.0828 e. The third-order valence-electron chi connectivity index (χ3n) is 3.20. The van der Waals surface area contributed by atoms with Gasteiger partial charge >= 0.3 is 0 Å². The van der Waals surface area contributed by atoms with Crippen molar-refractivity contribution in [3.8, 4) is 0 Å². The number of nitrogens with one attached hydrogen (secondary N) is 1. The van der Waals surface area contributed by atoms with Crippen molar-refractivity contribution in [1.82, 2.24) is 19.7 Å². The Balaban J connectivity index is 2.24. The van der Waals surface area contributed by atoms with Gasteiger partial charge in [-0.25, -0.2) is 0 Å². The Morgan fingerprint density at radius 1 is 1.16 bits per heavy atom. The highest BCUT2D eigenvalue weighted by Gasteiger charge is 2.16. The van der Waals surface area contributed by atoms with Crippen molar-refractivity contribution in [2.75, 3.05) is 5.32 Å². The zero-order chi connectivity index (χ0) is 14.0. The maximum atomic E-state index is 4.57. The molecule has 5 nitrogen and oxygen atoms in total. The van der Waals surface area contributed by atoms with Crippen molar-refractivity contribution < 1.29 is 0 Å². The molecule has 0 aliphatic heterocycles. The van der Waals surface area contributed by atoms with Crippen LogP contribution < -0.4 is 5.32 Å². The molecule has 1 atom stereocenters. The van der Waals surface area contributed by atoms with Crippen LogP contribution in [0.4, 0.5) is 5.69 Å². The Kier molecular flexibility index (Phi) is 3.83. The molecular weight excluding hydrogens is 238 g/mol. The summed E-state index contributed by atoms with van der Waals surface area (Å²) < 4.78 is 2.04. The molecule has 0 spiro atoms. The molecule has 2 aromatic rings. The molecule has 19 heavy (non-hydrogen) atoms. The second kappa shape index (κ2) is 5.38. The average molecular weight is 259 g/mol. The largest absolute Gasteiger partial charge is 0.374 e. The summed E-state index contributed by atoms with van der Waals surface area (Å²) in [5.74, 6) is 0. The van der Waals surface area contributed by atoms with E-state index in [0.717, 1.165) is 22.8 Å². The third-order valence-corrected chi connectivity index (χ3v) is 3.20. The normalized spacial score (nSPS) is 12.7. The summed E-state index contributed by atoms with van der Waals surface area (Å²) in [4.78, 5) is 8.43. The number of hydrogen-bond acceptors (Lipinski definition) is 4. The highest BCUT2D eigenvalue weighted by atomic mass is 15.3. The highest BCUT2D eigenvalue weighted by Crippen LogP contribution is 2.26. The van der Waals surface area contributed by atoms with Crippen molar-refractivity contribution >= 4 is 5.69 Å². The maximum absolute atomic E-state index is 4.57. The summed E-state index contributed by atoms with van der Waals surface area (Å²) in [6.07, 6.45) is 5.18. The van der Waals surface area contributed by atoms with E-state index in [9.17, 15) is 0 Å². The van der Waals surface area contributed by atoms with Gasteiger partial charge < -0.3 is 5.32 Å². The summed E-state index contributed by atoms with van der Waals surface area (Å²) >= 11 is 0. The first kappa shape index (κ1) is 13.5. The molecule has 0 amide bonds. The number of hydrogen-bond donors (Lipinski definition) is 1. The molecule has 2 heterocycles. The van der Waals surface area contributed by atoms with Crippen LogP contribution in [0, 0.1) is 13.8 Å². The van der Waals surface area contributed by atoms with Gasteiger partial charge in [0.1, 0.15) is 0 Å². The van der Waals surface area contributed by atoms with Gasteiger partial charge in [-0.1, -0.05) is 0 Å². The van der Waals surface area contributed by atoms with Crippen LogP contribution in [-0.2, 0) is 0 Å². The van der Waals surface area contributed by atoms with E-state index in [4.69, 9.17) is 0 Å². The van der Waals surface area contributed by atoms with Crippen LogP contribution in [0.15, 0.2) is 18.6 Å². The Morgan fingerprint density at radius 3 is 2.42 bits per heavy atom. The van der Waals surface area contributed by atoms with Gasteiger partial charge in [-0.15, -0.1) is 0 Å². The molecule has 0 aliphatic rings. The summed E-state index contributed by atoms with van der Waals surface area (Å²) in [5, 5.41) is 8.06. The van der Waals surface area contributed by atoms with Gasteiger partial charge in [0.05, 0.1) is 35.0 Å². The fourth-order valence-electron chi connectivity index (χ4n) is 2.20. The Bertz CT molecular complexity index is 544. The average Bonchev–Trinajstić information content (AvgIpc) is 2.68. The lowest BCUT2D eigenvalue weighted by Gasteiger charge is -2.15. The highest BCUT2D eigenvalue weighted by molar-refractivity contribution is 5.53.